The smallest absolute Gasteiger partial charge is 0.185 e. The summed E-state index contributed by atoms with van der Waals surface area (Å²) in [7, 11) is 0. The van der Waals surface area contributed by atoms with Gasteiger partial charge in [0.25, 0.3) is 0 Å². The molecule has 0 spiro atoms. The number of aromatic nitrogens is 1. The third kappa shape index (κ3) is 1.95. The van der Waals surface area contributed by atoms with Crippen LogP contribution in [0.1, 0.15) is 23.3 Å². The average molecular weight is 197 g/mol. The molecule has 1 fully saturated rings. The summed E-state index contributed by atoms with van der Waals surface area (Å²) in [5.41, 5.74) is 0.622. The normalized spacial score (nSPS) is 18.8. The monoisotopic (exact) mass is 197 g/mol. The number of ether oxygens (including phenoxy) is 1. The van der Waals surface area contributed by atoms with E-state index in [1.807, 2.05) is 5.38 Å². The molecule has 4 heteroatoms. The summed E-state index contributed by atoms with van der Waals surface area (Å²) in [6.07, 6.45) is 1.69. The highest BCUT2D eigenvalue weighted by Crippen LogP contribution is 2.19. The lowest BCUT2D eigenvalue weighted by atomic mass is 9.94. The molecule has 0 aromatic carbocycles. The maximum atomic E-state index is 11.7. The van der Waals surface area contributed by atoms with Crippen molar-refractivity contribution in [1.29, 1.82) is 0 Å². The van der Waals surface area contributed by atoms with E-state index in [-0.39, 0.29) is 11.7 Å². The van der Waals surface area contributed by atoms with Crippen molar-refractivity contribution in [3.05, 3.63) is 17.1 Å². The van der Waals surface area contributed by atoms with E-state index in [9.17, 15) is 4.79 Å². The van der Waals surface area contributed by atoms with Crippen LogP contribution in [0.25, 0.3) is 0 Å². The maximum absolute atomic E-state index is 11.7. The number of rotatable bonds is 2. The zero-order chi connectivity index (χ0) is 9.10. The predicted molar refractivity (Wildman–Crippen MR) is 50.0 cm³/mol. The van der Waals surface area contributed by atoms with Crippen molar-refractivity contribution in [2.24, 2.45) is 5.92 Å². The van der Waals surface area contributed by atoms with Crippen LogP contribution in [0.2, 0.25) is 0 Å². The van der Waals surface area contributed by atoms with Crippen molar-refractivity contribution in [1.82, 2.24) is 4.37 Å². The third-order valence-corrected chi connectivity index (χ3v) is 2.84. The van der Waals surface area contributed by atoms with Crippen molar-refractivity contribution in [2.75, 3.05) is 13.2 Å². The lowest BCUT2D eigenvalue weighted by Gasteiger charge is -2.19. The highest BCUT2D eigenvalue weighted by atomic mass is 32.1. The molecule has 1 aliphatic heterocycles. The minimum absolute atomic E-state index is 0.135. The molecule has 0 N–H and O–H groups in total. The molecular weight excluding hydrogens is 186 g/mol. The Labute approximate surface area is 80.9 Å². The molecule has 0 saturated carbocycles. The van der Waals surface area contributed by atoms with Crippen LogP contribution in [-0.4, -0.2) is 23.4 Å². The molecule has 1 aliphatic rings. The molecule has 13 heavy (non-hydrogen) atoms. The van der Waals surface area contributed by atoms with Crippen LogP contribution in [-0.2, 0) is 4.74 Å². The number of carbonyl (C=O) groups excluding carboxylic acids is 1. The van der Waals surface area contributed by atoms with E-state index in [1.165, 1.54) is 11.5 Å². The van der Waals surface area contributed by atoms with Crippen LogP contribution in [0.3, 0.4) is 0 Å². The van der Waals surface area contributed by atoms with Gasteiger partial charge in [0.05, 0.1) is 0 Å². The summed E-state index contributed by atoms with van der Waals surface area (Å²) >= 11 is 1.33. The number of nitrogens with zero attached hydrogens (tertiary/aromatic N) is 1. The minimum atomic E-state index is 0.135. The fourth-order valence-electron chi connectivity index (χ4n) is 1.51. The summed E-state index contributed by atoms with van der Waals surface area (Å²) < 4.78 is 9.24. The lowest BCUT2D eigenvalue weighted by Crippen LogP contribution is -2.23. The molecule has 0 bridgehead atoms. The van der Waals surface area contributed by atoms with Gasteiger partial charge in [-0.1, -0.05) is 0 Å². The second-order valence-electron chi connectivity index (χ2n) is 3.14. The van der Waals surface area contributed by atoms with Gasteiger partial charge < -0.3 is 4.74 Å². The molecule has 1 aromatic heterocycles. The average Bonchev–Trinajstić information content (AvgIpc) is 2.71. The molecule has 0 unspecified atom stereocenters. The summed E-state index contributed by atoms with van der Waals surface area (Å²) in [6, 6.07) is 1.79. The first-order chi connectivity index (χ1) is 6.38. The number of hydrogen-bond acceptors (Lipinski definition) is 4. The number of carbonyl (C=O) groups is 1. The molecule has 1 saturated heterocycles. The Balaban J connectivity index is 2.04. The molecule has 0 radical (unpaired) electrons. The van der Waals surface area contributed by atoms with E-state index in [1.54, 1.807) is 6.07 Å². The minimum Gasteiger partial charge on any atom is -0.381 e. The number of Topliss-reactive ketones (excluding diaryl/α,β-unsaturated/α-hetero) is 1. The predicted octanol–water partition coefficient (Wildman–Crippen LogP) is 1.75. The van der Waals surface area contributed by atoms with Gasteiger partial charge >= 0.3 is 0 Å². The van der Waals surface area contributed by atoms with Crippen molar-refractivity contribution in [3.8, 4) is 0 Å². The standard InChI is InChI=1S/C9H11NO2S/c11-9(8-3-6-13-10-8)7-1-4-12-5-2-7/h3,6-7H,1-2,4-5H2. The fraction of sp³-hybridized carbons (Fsp3) is 0.556. The van der Waals surface area contributed by atoms with Crippen LogP contribution in [0.15, 0.2) is 11.4 Å². The molecule has 70 valence electrons. The highest BCUT2D eigenvalue weighted by Gasteiger charge is 2.23. The third-order valence-electron chi connectivity index (χ3n) is 2.28. The van der Waals surface area contributed by atoms with Crippen molar-refractivity contribution in [3.63, 3.8) is 0 Å². The molecule has 2 heterocycles. The maximum Gasteiger partial charge on any atom is 0.185 e. The Morgan fingerprint density at radius 2 is 2.31 bits per heavy atom. The SMILES string of the molecule is O=C(c1ccsn1)C1CCOCC1. The largest absolute Gasteiger partial charge is 0.381 e. The second-order valence-corrected chi connectivity index (χ2v) is 3.80. The second kappa shape index (κ2) is 3.98. The van der Waals surface area contributed by atoms with E-state index < -0.39 is 0 Å². The zero-order valence-electron chi connectivity index (χ0n) is 7.23. The molecule has 0 amide bonds. The number of hydrogen-bond donors (Lipinski definition) is 0. The quantitative estimate of drug-likeness (QED) is 0.678. The van der Waals surface area contributed by atoms with Gasteiger partial charge in [-0.05, 0) is 30.4 Å². The Bertz CT molecular complexity index is 278. The van der Waals surface area contributed by atoms with E-state index in [0.717, 1.165) is 12.8 Å². The van der Waals surface area contributed by atoms with Crippen molar-refractivity contribution in [2.45, 2.75) is 12.8 Å². The first-order valence-electron chi connectivity index (χ1n) is 4.40. The van der Waals surface area contributed by atoms with Gasteiger partial charge in [-0.2, -0.15) is 4.37 Å². The van der Waals surface area contributed by atoms with Gasteiger partial charge in [0, 0.05) is 24.5 Å². The molecule has 3 nitrogen and oxygen atoms in total. The fourth-order valence-corrected chi connectivity index (χ4v) is 2.02. The van der Waals surface area contributed by atoms with Crippen molar-refractivity contribution >= 4 is 17.3 Å². The van der Waals surface area contributed by atoms with Gasteiger partial charge in [-0.25, -0.2) is 0 Å². The van der Waals surface area contributed by atoms with Crippen LogP contribution < -0.4 is 0 Å². The van der Waals surface area contributed by atoms with Crippen LogP contribution in [0.4, 0.5) is 0 Å². The molecule has 0 aliphatic carbocycles. The van der Waals surface area contributed by atoms with Gasteiger partial charge in [-0.3, -0.25) is 4.79 Å². The van der Waals surface area contributed by atoms with Crippen LogP contribution >= 0.6 is 11.5 Å². The van der Waals surface area contributed by atoms with E-state index in [2.05, 4.69) is 4.37 Å². The lowest BCUT2D eigenvalue weighted by molar-refractivity contribution is 0.0542. The van der Waals surface area contributed by atoms with E-state index in [0.29, 0.717) is 18.9 Å². The first kappa shape index (κ1) is 8.84. The summed E-state index contributed by atoms with van der Waals surface area (Å²) in [5, 5.41) is 1.84. The Morgan fingerprint density at radius 1 is 1.54 bits per heavy atom. The Kier molecular flexibility index (Phi) is 2.71. The highest BCUT2D eigenvalue weighted by molar-refractivity contribution is 7.03. The van der Waals surface area contributed by atoms with Crippen LogP contribution in [0, 0.1) is 5.92 Å². The first-order valence-corrected chi connectivity index (χ1v) is 5.24. The van der Waals surface area contributed by atoms with Gasteiger partial charge in [-0.15, -0.1) is 0 Å². The summed E-state index contributed by atoms with van der Waals surface area (Å²) in [4.78, 5) is 11.7. The zero-order valence-corrected chi connectivity index (χ0v) is 8.05. The summed E-state index contributed by atoms with van der Waals surface area (Å²) in [6.45, 7) is 1.42. The Hall–Kier alpha value is -0.740. The van der Waals surface area contributed by atoms with E-state index in [4.69, 9.17) is 4.74 Å². The Morgan fingerprint density at radius 3 is 2.92 bits per heavy atom. The molecule has 0 atom stereocenters. The van der Waals surface area contributed by atoms with Gasteiger partial charge in [0.2, 0.25) is 0 Å². The van der Waals surface area contributed by atoms with Crippen molar-refractivity contribution < 1.29 is 9.53 Å². The molecule has 1 aromatic rings. The van der Waals surface area contributed by atoms with Crippen LogP contribution in [0.5, 0.6) is 0 Å². The van der Waals surface area contributed by atoms with Gasteiger partial charge in [0.15, 0.2) is 5.78 Å². The molecular formula is C9H11NO2S. The van der Waals surface area contributed by atoms with E-state index >= 15 is 0 Å². The number of ketones is 1. The topological polar surface area (TPSA) is 39.2 Å². The van der Waals surface area contributed by atoms with Gasteiger partial charge in [0.1, 0.15) is 5.69 Å². The molecule has 2 rings (SSSR count). The summed E-state index contributed by atoms with van der Waals surface area (Å²) in [5.74, 6) is 0.320.